The van der Waals surface area contributed by atoms with Crippen LogP contribution in [0.15, 0.2) is 235 Å². The van der Waals surface area contributed by atoms with Gasteiger partial charge in [0.15, 0.2) is 0 Å². The summed E-state index contributed by atoms with van der Waals surface area (Å²) in [4.78, 5) is 2.39. The fraction of sp³-hybridized carbons (Fsp3) is 0. The van der Waals surface area contributed by atoms with E-state index in [1.165, 1.54) is 49.4 Å². The van der Waals surface area contributed by atoms with Gasteiger partial charge in [-0.1, -0.05) is 164 Å². The molecule has 3 heteroatoms. The molecule has 0 atom stereocenters. The van der Waals surface area contributed by atoms with Crippen molar-refractivity contribution in [2.24, 2.45) is 0 Å². The van der Waals surface area contributed by atoms with Gasteiger partial charge in [-0.15, -0.1) is 0 Å². The first-order chi connectivity index (χ1) is 30.3. The largest absolute Gasteiger partial charge is 0.456 e. The van der Waals surface area contributed by atoms with Crippen LogP contribution in [0.1, 0.15) is 0 Å². The fourth-order valence-corrected chi connectivity index (χ4v) is 9.49. The molecule has 0 radical (unpaired) electrons. The molecule has 0 saturated carbocycles. The number of aromatic nitrogens is 1. The average Bonchev–Trinajstić information content (AvgIpc) is 3.89. The normalized spacial score (nSPS) is 11.6. The topological polar surface area (TPSA) is 21.3 Å². The molecule has 0 fully saturated rings. The molecule has 61 heavy (non-hydrogen) atoms. The lowest BCUT2D eigenvalue weighted by molar-refractivity contribution is 0.669. The maximum atomic E-state index is 7.00. The first kappa shape index (κ1) is 34.9. The Morgan fingerprint density at radius 1 is 0.328 bits per heavy atom. The summed E-state index contributed by atoms with van der Waals surface area (Å²) in [5.74, 6) is 0. The first-order valence-electron chi connectivity index (χ1n) is 20.8. The molecule has 286 valence electrons. The Balaban J connectivity index is 1.11. The molecule has 0 saturated heterocycles. The quantitative estimate of drug-likeness (QED) is 0.161. The molecule has 0 amide bonds. The maximum absolute atomic E-state index is 7.00. The Hall–Kier alpha value is -8.14. The number of anilines is 3. The molecule has 10 aromatic carbocycles. The Labute approximate surface area is 353 Å². The van der Waals surface area contributed by atoms with Gasteiger partial charge in [0, 0.05) is 33.2 Å². The van der Waals surface area contributed by atoms with Gasteiger partial charge in [-0.25, -0.2) is 0 Å². The van der Waals surface area contributed by atoms with Crippen LogP contribution in [-0.2, 0) is 0 Å². The summed E-state index contributed by atoms with van der Waals surface area (Å²) < 4.78 is 9.38. The van der Waals surface area contributed by atoms with E-state index in [0.29, 0.717) is 0 Å². The molecule has 0 aliphatic carbocycles. The number of hydrogen-bond donors (Lipinski definition) is 0. The number of nitrogens with zero attached hydrogens (tertiary/aromatic N) is 2. The smallest absolute Gasteiger partial charge is 0.137 e. The second kappa shape index (κ2) is 14.3. The van der Waals surface area contributed by atoms with Gasteiger partial charge >= 0.3 is 0 Å². The lowest BCUT2D eigenvalue weighted by atomic mass is 9.92. The molecule has 0 aliphatic heterocycles. The number of para-hydroxylation sites is 2. The van der Waals surface area contributed by atoms with Crippen molar-refractivity contribution in [3.63, 3.8) is 0 Å². The van der Waals surface area contributed by atoms with Crippen molar-refractivity contribution in [1.82, 2.24) is 4.57 Å². The molecule has 2 aromatic heterocycles. The Kier molecular flexibility index (Phi) is 8.17. The predicted octanol–water partition coefficient (Wildman–Crippen LogP) is 16.3. The zero-order chi connectivity index (χ0) is 40.3. The van der Waals surface area contributed by atoms with E-state index >= 15 is 0 Å². The van der Waals surface area contributed by atoms with Gasteiger partial charge in [-0.05, 0) is 111 Å². The van der Waals surface area contributed by atoms with E-state index < -0.39 is 0 Å². The molecular formula is C58H38N2O. The lowest BCUT2D eigenvalue weighted by Crippen LogP contribution is -2.10. The van der Waals surface area contributed by atoms with E-state index in [4.69, 9.17) is 4.42 Å². The van der Waals surface area contributed by atoms with Gasteiger partial charge in [0.1, 0.15) is 11.2 Å². The molecule has 12 aromatic rings. The van der Waals surface area contributed by atoms with Crippen LogP contribution in [0.5, 0.6) is 0 Å². The Morgan fingerprint density at radius 2 is 0.918 bits per heavy atom. The zero-order valence-electron chi connectivity index (χ0n) is 33.2. The highest BCUT2D eigenvalue weighted by Crippen LogP contribution is 2.48. The first-order valence-corrected chi connectivity index (χ1v) is 20.8. The SMILES string of the molecule is c1ccc(-c2ccc(N(c3cccc(-c4ccccc4)c3)c3cccc4oc5cc(-c6cccc7c6c6ccccc6n7-c6ccccc6)c6ccccc6c5c34)cc2)cc1. The maximum Gasteiger partial charge on any atom is 0.137 e. The summed E-state index contributed by atoms with van der Waals surface area (Å²) in [5.41, 5.74) is 15.4. The summed E-state index contributed by atoms with van der Waals surface area (Å²) >= 11 is 0. The fourth-order valence-electron chi connectivity index (χ4n) is 9.49. The average molecular weight is 779 g/mol. The highest BCUT2D eigenvalue weighted by Gasteiger charge is 2.24. The van der Waals surface area contributed by atoms with E-state index in [-0.39, 0.29) is 0 Å². The lowest BCUT2D eigenvalue weighted by Gasteiger charge is -2.27. The van der Waals surface area contributed by atoms with E-state index in [1.54, 1.807) is 0 Å². The highest BCUT2D eigenvalue weighted by molar-refractivity contribution is 6.27. The van der Waals surface area contributed by atoms with Crippen molar-refractivity contribution in [2.45, 2.75) is 0 Å². The van der Waals surface area contributed by atoms with Crippen LogP contribution in [0.25, 0.3) is 93.6 Å². The minimum atomic E-state index is 0.846. The Bertz CT molecular complexity index is 3570. The van der Waals surface area contributed by atoms with Crippen LogP contribution in [0.4, 0.5) is 17.1 Å². The molecule has 0 N–H and O–H groups in total. The van der Waals surface area contributed by atoms with Gasteiger partial charge in [-0.3, -0.25) is 0 Å². The van der Waals surface area contributed by atoms with Crippen LogP contribution in [-0.4, -0.2) is 4.57 Å². The van der Waals surface area contributed by atoms with Crippen molar-refractivity contribution in [2.75, 3.05) is 4.90 Å². The van der Waals surface area contributed by atoms with E-state index in [9.17, 15) is 0 Å². The van der Waals surface area contributed by atoms with Crippen LogP contribution in [0.2, 0.25) is 0 Å². The molecule has 12 rings (SSSR count). The van der Waals surface area contributed by atoms with E-state index in [0.717, 1.165) is 61.2 Å². The molecule has 0 spiro atoms. The summed E-state index contributed by atoms with van der Waals surface area (Å²) in [6, 6.07) is 82.7. The molecule has 0 bridgehead atoms. The second-order valence-corrected chi connectivity index (χ2v) is 15.6. The minimum Gasteiger partial charge on any atom is -0.456 e. The molecule has 0 unspecified atom stereocenters. The third-order valence-electron chi connectivity index (χ3n) is 12.2. The van der Waals surface area contributed by atoms with Crippen LogP contribution >= 0.6 is 0 Å². The van der Waals surface area contributed by atoms with Crippen molar-refractivity contribution in [3.8, 4) is 39.1 Å². The van der Waals surface area contributed by atoms with Crippen LogP contribution in [0.3, 0.4) is 0 Å². The minimum absolute atomic E-state index is 0.846. The molecule has 3 nitrogen and oxygen atoms in total. The van der Waals surface area contributed by atoms with Gasteiger partial charge in [0.25, 0.3) is 0 Å². The van der Waals surface area contributed by atoms with Gasteiger partial charge in [0.05, 0.1) is 22.1 Å². The van der Waals surface area contributed by atoms with Crippen molar-refractivity contribution < 1.29 is 4.42 Å². The Morgan fingerprint density at radius 3 is 1.69 bits per heavy atom. The molecule has 2 heterocycles. The monoisotopic (exact) mass is 778 g/mol. The third kappa shape index (κ3) is 5.74. The third-order valence-corrected chi connectivity index (χ3v) is 12.2. The standard InChI is InChI=1S/C58H38N2O/c1-4-17-39(18-5-1)41-33-35-44(36-34-41)59(45-24-14-21-42(37-45)40-19-6-2-7-20-40)53-31-16-32-54-58(53)57-47-26-11-10-25-46(47)50(38-55(57)61-54)48-28-15-30-52-56(48)49-27-12-13-29-51(49)60(52)43-22-8-3-9-23-43/h1-38H. The zero-order valence-corrected chi connectivity index (χ0v) is 33.2. The predicted molar refractivity (Wildman–Crippen MR) is 257 cm³/mol. The number of furan rings is 1. The summed E-state index contributed by atoms with van der Waals surface area (Å²) in [6.07, 6.45) is 0. The van der Waals surface area contributed by atoms with E-state index in [2.05, 4.69) is 240 Å². The highest BCUT2D eigenvalue weighted by atomic mass is 16.3. The van der Waals surface area contributed by atoms with Gasteiger partial charge in [0.2, 0.25) is 0 Å². The number of hydrogen-bond acceptors (Lipinski definition) is 2. The number of benzene rings is 10. The number of rotatable bonds is 7. The second-order valence-electron chi connectivity index (χ2n) is 15.6. The van der Waals surface area contributed by atoms with Crippen LogP contribution in [0, 0.1) is 0 Å². The van der Waals surface area contributed by atoms with Crippen LogP contribution < -0.4 is 4.90 Å². The van der Waals surface area contributed by atoms with Crippen molar-refractivity contribution >= 4 is 71.6 Å². The van der Waals surface area contributed by atoms with Crippen molar-refractivity contribution in [1.29, 1.82) is 0 Å². The summed E-state index contributed by atoms with van der Waals surface area (Å²) in [5, 5.41) is 6.97. The van der Waals surface area contributed by atoms with Crippen molar-refractivity contribution in [3.05, 3.63) is 231 Å². The number of fused-ring (bicyclic) bond motifs is 8. The summed E-state index contributed by atoms with van der Waals surface area (Å²) in [6.45, 7) is 0. The van der Waals surface area contributed by atoms with E-state index in [1.807, 2.05) is 0 Å². The van der Waals surface area contributed by atoms with Gasteiger partial charge in [-0.2, -0.15) is 0 Å². The molecular weight excluding hydrogens is 741 g/mol. The van der Waals surface area contributed by atoms with Gasteiger partial charge < -0.3 is 13.9 Å². The summed E-state index contributed by atoms with van der Waals surface area (Å²) in [7, 11) is 0. The molecule has 0 aliphatic rings.